The number of rotatable bonds is 2. The highest BCUT2D eigenvalue weighted by Gasteiger charge is 2.32. The number of aromatic nitrogens is 2. The average molecular weight is 263 g/mol. The summed E-state index contributed by atoms with van der Waals surface area (Å²) in [4.78, 5) is 16.6. The van der Waals surface area contributed by atoms with Crippen LogP contribution in [0, 0.1) is 0 Å². The predicted molar refractivity (Wildman–Crippen MR) is 71.7 cm³/mol. The Labute approximate surface area is 112 Å². The van der Waals surface area contributed by atoms with E-state index < -0.39 is 0 Å². The number of nitrogens with one attached hydrogen (secondary N) is 1. The van der Waals surface area contributed by atoms with Gasteiger partial charge in [-0.1, -0.05) is 0 Å². The summed E-state index contributed by atoms with van der Waals surface area (Å²) in [7, 11) is 0. The minimum Gasteiger partial charge on any atom is -0.337 e. The summed E-state index contributed by atoms with van der Waals surface area (Å²) in [5, 5.41) is 6.53. The fourth-order valence-electron chi connectivity index (χ4n) is 3.06. The molecule has 0 saturated carbocycles. The standard InChI is InChI=1S/C13H21N5O/c14-11-1-4-17(5-2-11)12-3-6-18(9-12)13(19)10-7-15-16-8-10/h7-8,11-12H,1-6,9,14H2,(H,15,16). The summed E-state index contributed by atoms with van der Waals surface area (Å²) < 4.78 is 0. The van der Waals surface area contributed by atoms with Crippen molar-refractivity contribution in [1.29, 1.82) is 0 Å². The summed E-state index contributed by atoms with van der Waals surface area (Å²) in [6, 6.07) is 0.865. The largest absolute Gasteiger partial charge is 0.337 e. The molecule has 0 radical (unpaired) electrons. The summed E-state index contributed by atoms with van der Waals surface area (Å²) in [6.07, 6.45) is 6.47. The van der Waals surface area contributed by atoms with E-state index in [1.165, 1.54) is 0 Å². The molecule has 2 saturated heterocycles. The lowest BCUT2D eigenvalue weighted by molar-refractivity contribution is 0.0769. The molecular weight excluding hydrogens is 242 g/mol. The number of nitrogens with zero attached hydrogens (tertiary/aromatic N) is 3. The number of carbonyl (C=O) groups excluding carboxylic acids is 1. The van der Waals surface area contributed by atoms with Gasteiger partial charge in [0, 0.05) is 31.4 Å². The zero-order valence-corrected chi connectivity index (χ0v) is 11.1. The summed E-state index contributed by atoms with van der Waals surface area (Å²) in [5.41, 5.74) is 6.59. The highest BCUT2D eigenvalue weighted by Crippen LogP contribution is 2.21. The van der Waals surface area contributed by atoms with Gasteiger partial charge < -0.3 is 10.6 Å². The van der Waals surface area contributed by atoms with Crippen LogP contribution in [0.25, 0.3) is 0 Å². The van der Waals surface area contributed by atoms with Crippen molar-refractivity contribution in [2.45, 2.75) is 31.3 Å². The van der Waals surface area contributed by atoms with Crippen LogP contribution in [0.3, 0.4) is 0 Å². The quantitative estimate of drug-likeness (QED) is 0.790. The molecule has 0 bridgehead atoms. The molecule has 0 spiro atoms. The maximum atomic E-state index is 12.2. The molecule has 1 atom stereocenters. The second kappa shape index (κ2) is 5.30. The zero-order chi connectivity index (χ0) is 13.2. The Morgan fingerprint density at radius 3 is 2.79 bits per heavy atom. The van der Waals surface area contributed by atoms with E-state index in [2.05, 4.69) is 15.1 Å². The molecule has 2 aliphatic rings. The van der Waals surface area contributed by atoms with Crippen LogP contribution in [0.5, 0.6) is 0 Å². The van der Waals surface area contributed by atoms with Crippen molar-refractivity contribution in [2.24, 2.45) is 5.73 Å². The molecule has 1 aromatic heterocycles. The first-order valence-electron chi connectivity index (χ1n) is 7.01. The van der Waals surface area contributed by atoms with E-state index in [1.807, 2.05) is 4.90 Å². The van der Waals surface area contributed by atoms with Crippen LogP contribution in [0.1, 0.15) is 29.6 Å². The van der Waals surface area contributed by atoms with Crippen molar-refractivity contribution in [3.05, 3.63) is 18.0 Å². The first-order chi connectivity index (χ1) is 9.24. The Balaban J connectivity index is 1.57. The number of nitrogens with two attached hydrogens (primary N) is 1. The molecule has 104 valence electrons. The molecule has 2 aliphatic heterocycles. The minimum atomic E-state index is 0.0879. The third-order valence-corrected chi connectivity index (χ3v) is 4.29. The molecule has 0 aromatic carbocycles. The van der Waals surface area contributed by atoms with E-state index in [1.54, 1.807) is 12.4 Å². The van der Waals surface area contributed by atoms with E-state index in [0.717, 1.165) is 45.4 Å². The van der Waals surface area contributed by atoms with Gasteiger partial charge in [-0.05, 0) is 32.4 Å². The monoisotopic (exact) mass is 263 g/mol. The topological polar surface area (TPSA) is 78.2 Å². The van der Waals surface area contributed by atoms with Gasteiger partial charge in [0.1, 0.15) is 0 Å². The molecule has 6 heteroatoms. The van der Waals surface area contributed by atoms with Crippen LogP contribution < -0.4 is 5.73 Å². The number of carbonyl (C=O) groups is 1. The van der Waals surface area contributed by atoms with Crippen molar-refractivity contribution < 1.29 is 4.79 Å². The van der Waals surface area contributed by atoms with E-state index in [0.29, 0.717) is 17.6 Å². The third-order valence-electron chi connectivity index (χ3n) is 4.29. The summed E-state index contributed by atoms with van der Waals surface area (Å²) in [5.74, 6) is 0.0879. The van der Waals surface area contributed by atoms with Gasteiger partial charge in [0.05, 0.1) is 11.8 Å². The van der Waals surface area contributed by atoms with Crippen LogP contribution in [0.2, 0.25) is 0 Å². The molecule has 3 rings (SSSR count). The molecule has 2 fully saturated rings. The maximum Gasteiger partial charge on any atom is 0.257 e. The van der Waals surface area contributed by atoms with Crippen molar-refractivity contribution in [1.82, 2.24) is 20.0 Å². The zero-order valence-electron chi connectivity index (χ0n) is 11.1. The summed E-state index contributed by atoms with van der Waals surface area (Å²) in [6.45, 7) is 3.82. The SMILES string of the molecule is NC1CCN(C2CCN(C(=O)c3cn[nH]c3)C2)CC1. The lowest BCUT2D eigenvalue weighted by Crippen LogP contribution is -2.46. The molecule has 19 heavy (non-hydrogen) atoms. The second-order valence-electron chi connectivity index (χ2n) is 5.55. The Bertz CT molecular complexity index is 424. The van der Waals surface area contributed by atoms with Crippen molar-refractivity contribution in [3.63, 3.8) is 0 Å². The number of H-pyrrole nitrogens is 1. The minimum absolute atomic E-state index is 0.0879. The van der Waals surface area contributed by atoms with Crippen molar-refractivity contribution in [2.75, 3.05) is 26.2 Å². The Morgan fingerprint density at radius 1 is 1.32 bits per heavy atom. The number of aromatic amines is 1. The first kappa shape index (κ1) is 12.6. The molecule has 1 unspecified atom stereocenters. The maximum absolute atomic E-state index is 12.2. The van der Waals surface area contributed by atoms with Crippen LogP contribution in [-0.2, 0) is 0 Å². The van der Waals surface area contributed by atoms with Gasteiger partial charge in [0.25, 0.3) is 5.91 Å². The Morgan fingerprint density at radius 2 is 2.11 bits per heavy atom. The van der Waals surface area contributed by atoms with Crippen LogP contribution >= 0.6 is 0 Å². The smallest absolute Gasteiger partial charge is 0.257 e. The van der Waals surface area contributed by atoms with Crippen molar-refractivity contribution >= 4 is 5.91 Å². The normalized spacial score (nSPS) is 25.9. The Hall–Kier alpha value is -1.40. The fourth-order valence-corrected chi connectivity index (χ4v) is 3.06. The van der Waals surface area contributed by atoms with E-state index in [4.69, 9.17) is 5.73 Å². The highest BCUT2D eigenvalue weighted by molar-refractivity contribution is 5.93. The van der Waals surface area contributed by atoms with Gasteiger partial charge in [-0.3, -0.25) is 14.8 Å². The van der Waals surface area contributed by atoms with Gasteiger partial charge >= 0.3 is 0 Å². The van der Waals surface area contributed by atoms with Crippen LogP contribution in [0.15, 0.2) is 12.4 Å². The number of piperidine rings is 1. The third kappa shape index (κ3) is 2.64. The molecule has 6 nitrogen and oxygen atoms in total. The number of amides is 1. The number of hydrogen-bond donors (Lipinski definition) is 2. The van der Waals surface area contributed by atoms with Gasteiger partial charge in [-0.2, -0.15) is 5.10 Å². The molecule has 1 amide bonds. The molecular formula is C13H21N5O. The lowest BCUT2D eigenvalue weighted by Gasteiger charge is -2.34. The van der Waals surface area contributed by atoms with Gasteiger partial charge in [-0.25, -0.2) is 0 Å². The van der Waals surface area contributed by atoms with Gasteiger partial charge in [0.2, 0.25) is 0 Å². The molecule has 1 aromatic rings. The average Bonchev–Trinajstić information content (AvgIpc) is 3.10. The van der Waals surface area contributed by atoms with Crippen LogP contribution in [-0.4, -0.2) is 64.2 Å². The van der Waals surface area contributed by atoms with Crippen molar-refractivity contribution in [3.8, 4) is 0 Å². The van der Waals surface area contributed by atoms with E-state index in [9.17, 15) is 4.79 Å². The predicted octanol–water partition coefficient (Wildman–Crippen LogP) is 0.0473. The fraction of sp³-hybridized carbons (Fsp3) is 0.692. The van der Waals surface area contributed by atoms with Gasteiger partial charge in [0.15, 0.2) is 0 Å². The number of hydrogen-bond acceptors (Lipinski definition) is 4. The second-order valence-corrected chi connectivity index (χ2v) is 5.55. The first-order valence-corrected chi connectivity index (χ1v) is 7.01. The molecule has 3 heterocycles. The molecule has 0 aliphatic carbocycles. The van der Waals surface area contributed by atoms with E-state index in [-0.39, 0.29) is 5.91 Å². The highest BCUT2D eigenvalue weighted by atomic mass is 16.2. The van der Waals surface area contributed by atoms with E-state index >= 15 is 0 Å². The molecule has 3 N–H and O–H groups in total. The van der Waals surface area contributed by atoms with Gasteiger partial charge in [-0.15, -0.1) is 0 Å². The Kier molecular flexibility index (Phi) is 3.52. The lowest BCUT2D eigenvalue weighted by atomic mass is 10.0. The number of likely N-dealkylation sites (tertiary alicyclic amines) is 2. The summed E-state index contributed by atoms with van der Waals surface area (Å²) >= 11 is 0. The van der Waals surface area contributed by atoms with Crippen LogP contribution in [0.4, 0.5) is 0 Å².